The number of fused-ring (bicyclic) bond motifs is 3. The summed E-state index contributed by atoms with van der Waals surface area (Å²) in [5, 5.41) is 2.34. The van der Waals surface area contributed by atoms with E-state index in [2.05, 4.69) is 29.7 Å². The van der Waals surface area contributed by atoms with Gasteiger partial charge in [0.1, 0.15) is 0 Å². The molecule has 5 heteroatoms. The summed E-state index contributed by atoms with van der Waals surface area (Å²) in [4.78, 5) is 18.0. The lowest BCUT2D eigenvalue weighted by atomic mass is 10.1. The highest BCUT2D eigenvalue weighted by Gasteiger charge is 2.14. The molecule has 0 spiro atoms. The van der Waals surface area contributed by atoms with Gasteiger partial charge >= 0.3 is 7.60 Å². The van der Waals surface area contributed by atoms with Gasteiger partial charge in [-0.1, -0.05) is 24.3 Å². The molecule has 0 atom stereocenters. The summed E-state index contributed by atoms with van der Waals surface area (Å²) >= 11 is 0. The van der Waals surface area contributed by atoms with Crippen molar-refractivity contribution in [3.63, 3.8) is 0 Å². The topological polar surface area (TPSA) is 62.5 Å². The molecule has 4 nitrogen and oxygen atoms in total. The Morgan fingerprint density at radius 1 is 1.05 bits per heavy atom. The maximum atomic E-state index is 11.0. The Morgan fingerprint density at radius 2 is 1.76 bits per heavy atom. The molecule has 0 amide bonds. The van der Waals surface area contributed by atoms with Gasteiger partial charge in [-0.25, -0.2) is 0 Å². The van der Waals surface area contributed by atoms with Crippen molar-refractivity contribution in [3.8, 4) is 0 Å². The molecular weight excluding hydrogens is 285 g/mol. The zero-order valence-electron chi connectivity index (χ0n) is 11.9. The summed E-state index contributed by atoms with van der Waals surface area (Å²) in [6, 6.07) is 14.3. The van der Waals surface area contributed by atoms with E-state index in [1.807, 2.05) is 24.3 Å². The molecule has 110 valence electrons. The number of nitrogens with zero attached hydrogens (tertiary/aromatic N) is 1. The lowest BCUT2D eigenvalue weighted by Crippen LogP contribution is -1.95. The number of benzene rings is 2. The third-order valence-corrected chi connectivity index (χ3v) is 4.65. The standard InChI is InChI=1S/C16H18NO3P/c1-2-17-15-6-4-3-5-13(15)14-11-12(7-8-16(14)17)9-10-21(18,19)20/h3-8,11H,2,9-10H2,1H3,(H2,18,19,20). The van der Waals surface area contributed by atoms with Crippen LogP contribution >= 0.6 is 7.60 Å². The summed E-state index contributed by atoms with van der Waals surface area (Å²) in [6.07, 6.45) is 0.288. The van der Waals surface area contributed by atoms with Gasteiger partial charge in [0.05, 0.1) is 6.16 Å². The minimum Gasteiger partial charge on any atom is -0.341 e. The van der Waals surface area contributed by atoms with Crippen LogP contribution in [0.15, 0.2) is 42.5 Å². The molecule has 3 aromatic rings. The van der Waals surface area contributed by atoms with Crippen molar-refractivity contribution in [1.82, 2.24) is 4.57 Å². The fourth-order valence-corrected chi connectivity index (χ4v) is 3.42. The van der Waals surface area contributed by atoms with Crippen LogP contribution in [0.25, 0.3) is 21.8 Å². The second kappa shape index (κ2) is 5.30. The van der Waals surface area contributed by atoms with E-state index >= 15 is 0 Å². The Hall–Kier alpha value is -1.61. The van der Waals surface area contributed by atoms with Gasteiger partial charge in [-0.15, -0.1) is 0 Å². The van der Waals surface area contributed by atoms with Gasteiger partial charge in [0.25, 0.3) is 0 Å². The second-order valence-corrected chi connectivity index (χ2v) is 7.03. The average Bonchev–Trinajstić information content (AvgIpc) is 2.77. The quantitative estimate of drug-likeness (QED) is 0.725. The lowest BCUT2D eigenvalue weighted by Gasteiger charge is -2.05. The summed E-state index contributed by atoms with van der Waals surface area (Å²) < 4.78 is 13.3. The minimum absolute atomic E-state index is 0.106. The van der Waals surface area contributed by atoms with Crippen molar-refractivity contribution in [2.75, 3.05) is 6.16 Å². The van der Waals surface area contributed by atoms with E-state index < -0.39 is 7.60 Å². The monoisotopic (exact) mass is 303 g/mol. The molecule has 2 aromatic carbocycles. The van der Waals surface area contributed by atoms with E-state index in [1.54, 1.807) is 0 Å². The van der Waals surface area contributed by atoms with Crippen LogP contribution in [0.3, 0.4) is 0 Å². The molecule has 1 aromatic heterocycles. The normalized spacial score (nSPS) is 12.3. The summed E-state index contributed by atoms with van der Waals surface area (Å²) in [7, 11) is -3.95. The first-order chi connectivity index (χ1) is 9.99. The van der Waals surface area contributed by atoms with Crippen molar-refractivity contribution < 1.29 is 14.4 Å². The second-order valence-electron chi connectivity index (χ2n) is 5.25. The molecule has 0 saturated carbocycles. The number of para-hydroxylation sites is 1. The van der Waals surface area contributed by atoms with Crippen LogP contribution in [0.1, 0.15) is 12.5 Å². The molecule has 0 aliphatic rings. The smallest absolute Gasteiger partial charge is 0.325 e. The van der Waals surface area contributed by atoms with Gasteiger partial charge in [0.15, 0.2) is 0 Å². The molecule has 0 bridgehead atoms. The summed E-state index contributed by atoms with van der Waals surface area (Å²) in [6.45, 7) is 3.01. The maximum Gasteiger partial charge on any atom is 0.325 e. The third-order valence-electron chi connectivity index (χ3n) is 3.84. The average molecular weight is 303 g/mol. The fraction of sp³-hybridized carbons (Fsp3) is 0.250. The Bertz CT molecular complexity index is 847. The Morgan fingerprint density at radius 3 is 2.48 bits per heavy atom. The molecule has 0 saturated heterocycles. The van der Waals surface area contributed by atoms with Gasteiger partial charge in [-0.05, 0) is 37.1 Å². The van der Waals surface area contributed by atoms with E-state index in [9.17, 15) is 4.57 Å². The van der Waals surface area contributed by atoms with Gasteiger partial charge in [-0.3, -0.25) is 4.57 Å². The van der Waals surface area contributed by atoms with Crippen molar-refractivity contribution in [3.05, 3.63) is 48.0 Å². The highest BCUT2D eigenvalue weighted by Crippen LogP contribution is 2.36. The van der Waals surface area contributed by atoms with Crippen molar-refractivity contribution in [2.45, 2.75) is 19.9 Å². The molecule has 21 heavy (non-hydrogen) atoms. The molecule has 0 fully saturated rings. The fourth-order valence-electron chi connectivity index (χ4n) is 2.87. The van der Waals surface area contributed by atoms with Gasteiger partial charge in [0, 0.05) is 28.4 Å². The predicted octanol–water partition coefficient (Wildman–Crippen LogP) is 3.53. The molecular formula is C16H18NO3P. The highest BCUT2D eigenvalue weighted by molar-refractivity contribution is 7.51. The van der Waals surface area contributed by atoms with Crippen LogP contribution in [0, 0.1) is 0 Å². The number of hydrogen-bond acceptors (Lipinski definition) is 1. The van der Waals surface area contributed by atoms with Crippen LogP contribution in [0.4, 0.5) is 0 Å². The van der Waals surface area contributed by atoms with Crippen molar-refractivity contribution in [1.29, 1.82) is 0 Å². The predicted molar refractivity (Wildman–Crippen MR) is 85.7 cm³/mol. The van der Waals surface area contributed by atoms with E-state index in [1.165, 1.54) is 16.4 Å². The van der Waals surface area contributed by atoms with Gasteiger partial charge in [-0.2, -0.15) is 0 Å². The van der Waals surface area contributed by atoms with E-state index in [4.69, 9.17) is 9.79 Å². The zero-order chi connectivity index (χ0) is 15.0. The molecule has 2 N–H and O–H groups in total. The molecule has 0 aliphatic carbocycles. The van der Waals surface area contributed by atoms with Crippen LogP contribution in [0.5, 0.6) is 0 Å². The first kappa shape index (κ1) is 14.3. The number of rotatable bonds is 4. The van der Waals surface area contributed by atoms with Crippen LogP contribution in [-0.4, -0.2) is 20.5 Å². The van der Waals surface area contributed by atoms with Gasteiger partial charge in [0.2, 0.25) is 0 Å². The molecule has 3 rings (SSSR count). The van der Waals surface area contributed by atoms with Crippen molar-refractivity contribution in [2.24, 2.45) is 0 Å². The Balaban J connectivity index is 2.13. The number of hydrogen-bond donors (Lipinski definition) is 2. The molecule has 0 radical (unpaired) electrons. The van der Waals surface area contributed by atoms with Crippen molar-refractivity contribution >= 4 is 29.4 Å². The molecule has 0 aliphatic heterocycles. The van der Waals surface area contributed by atoms with Gasteiger partial charge < -0.3 is 14.4 Å². The first-order valence-corrected chi connectivity index (χ1v) is 8.84. The zero-order valence-corrected chi connectivity index (χ0v) is 12.8. The van der Waals surface area contributed by atoms with Crippen LogP contribution in [0.2, 0.25) is 0 Å². The largest absolute Gasteiger partial charge is 0.341 e. The number of aryl methyl sites for hydroxylation is 2. The maximum absolute atomic E-state index is 11.0. The highest BCUT2D eigenvalue weighted by atomic mass is 31.2. The van der Waals surface area contributed by atoms with E-state index in [0.29, 0.717) is 6.42 Å². The minimum atomic E-state index is -3.95. The van der Waals surface area contributed by atoms with Crippen LogP contribution in [-0.2, 0) is 17.5 Å². The van der Waals surface area contributed by atoms with Crippen LogP contribution < -0.4 is 0 Å². The van der Waals surface area contributed by atoms with E-state index in [-0.39, 0.29) is 6.16 Å². The van der Waals surface area contributed by atoms with E-state index in [0.717, 1.165) is 17.5 Å². The summed E-state index contributed by atoms with van der Waals surface area (Å²) in [5.41, 5.74) is 3.32. The molecule has 0 unspecified atom stereocenters. The molecule has 1 heterocycles. The Labute approximate surface area is 123 Å². The number of aromatic nitrogens is 1. The Kier molecular flexibility index (Phi) is 3.62. The summed E-state index contributed by atoms with van der Waals surface area (Å²) in [5.74, 6) is 0. The first-order valence-electron chi connectivity index (χ1n) is 7.04. The third kappa shape index (κ3) is 2.75. The SMILES string of the molecule is CCn1c2ccccc2c2cc(CCP(=O)(O)O)ccc21. The lowest BCUT2D eigenvalue weighted by molar-refractivity contribution is 0.373.